The van der Waals surface area contributed by atoms with Gasteiger partial charge in [0, 0.05) is 22.6 Å². The molecule has 0 radical (unpaired) electrons. The maximum Gasteiger partial charge on any atom is 0.124 e. The Morgan fingerprint density at radius 2 is 2.28 bits per heavy atom. The first kappa shape index (κ1) is 13.9. The fourth-order valence-electron chi connectivity index (χ4n) is 3.02. The van der Waals surface area contributed by atoms with Crippen LogP contribution >= 0.6 is 15.9 Å². The highest BCUT2D eigenvalue weighted by molar-refractivity contribution is 9.10. The van der Waals surface area contributed by atoms with Gasteiger partial charge in [-0.1, -0.05) is 35.3 Å². The van der Waals surface area contributed by atoms with E-state index in [0.29, 0.717) is 0 Å². The maximum atomic E-state index is 5.89. The van der Waals surface area contributed by atoms with Gasteiger partial charge in [0.1, 0.15) is 5.75 Å². The molecule has 1 atom stereocenters. The largest absolute Gasteiger partial charge is 0.493 e. The van der Waals surface area contributed by atoms with Gasteiger partial charge < -0.3 is 9.47 Å². The molecule has 0 N–H and O–H groups in total. The van der Waals surface area contributed by atoms with Gasteiger partial charge in [-0.2, -0.15) is 0 Å². The third-order valence-corrected chi connectivity index (χ3v) is 4.21. The van der Waals surface area contributed by atoms with Crippen LogP contribution in [0.2, 0.25) is 0 Å². The normalized spacial score (nSPS) is 23.1. The number of hydrogen-bond acceptors (Lipinski definition) is 2. The van der Waals surface area contributed by atoms with Crippen molar-refractivity contribution in [3.63, 3.8) is 0 Å². The van der Waals surface area contributed by atoms with Crippen LogP contribution in [0.3, 0.4) is 0 Å². The van der Waals surface area contributed by atoms with Gasteiger partial charge in [-0.05, 0) is 31.4 Å². The van der Waals surface area contributed by atoms with Crippen LogP contribution < -0.4 is 4.74 Å². The van der Waals surface area contributed by atoms with Crippen LogP contribution in [0.15, 0.2) is 22.7 Å². The van der Waals surface area contributed by atoms with E-state index in [-0.39, 0.29) is 5.41 Å². The monoisotopic (exact) mass is 312 g/mol. The second-order valence-electron chi connectivity index (χ2n) is 5.06. The molecule has 3 heteroatoms. The summed E-state index contributed by atoms with van der Waals surface area (Å²) in [4.78, 5) is 0. The first-order valence-corrected chi connectivity index (χ1v) is 7.43. The van der Waals surface area contributed by atoms with Crippen molar-refractivity contribution in [2.75, 3.05) is 20.3 Å². The summed E-state index contributed by atoms with van der Waals surface area (Å²) in [5, 5.41) is 0. The second-order valence-corrected chi connectivity index (χ2v) is 5.97. The highest BCUT2D eigenvalue weighted by Gasteiger charge is 2.35. The van der Waals surface area contributed by atoms with Crippen molar-refractivity contribution in [2.24, 2.45) is 0 Å². The van der Waals surface area contributed by atoms with Gasteiger partial charge in [-0.25, -0.2) is 0 Å². The molecule has 0 spiro atoms. The van der Waals surface area contributed by atoms with Crippen LogP contribution in [0.1, 0.15) is 38.2 Å². The number of halogens is 1. The summed E-state index contributed by atoms with van der Waals surface area (Å²) < 4.78 is 12.5. The van der Waals surface area contributed by atoms with Crippen molar-refractivity contribution >= 4 is 15.9 Å². The fourth-order valence-corrected chi connectivity index (χ4v) is 3.36. The molecule has 0 fully saturated rings. The molecule has 18 heavy (non-hydrogen) atoms. The Hall–Kier alpha value is -0.540. The molecule has 0 aliphatic carbocycles. The quantitative estimate of drug-likeness (QED) is 0.825. The van der Waals surface area contributed by atoms with E-state index in [9.17, 15) is 0 Å². The van der Waals surface area contributed by atoms with Gasteiger partial charge >= 0.3 is 0 Å². The van der Waals surface area contributed by atoms with Crippen molar-refractivity contribution in [1.29, 1.82) is 0 Å². The molecule has 2 nitrogen and oxygen atoms in total. The number of ether oxygens (including phenoxy) is 2. The highest BCUT2D eigenvalue weighted by atomic mass is 79.9. The Labute approximate surface area is 118 Å². The first-order valence-electron chi connectivity index (χ1n) is 6.63. The van der Waals surface area contributed by atoms with E-state index in [1.807, 2.05) is 0 Å². The molecule has 0 saturated heterocycles. The third-order valence-electron chi connectivity index (χ3n) is 3.72. The van der Waals surface area contributed by atoms with E-state index in [4.69, 9.17) is 9.47 Å². The van der Waals surface area contributed by atoms with E-state index in [1.165, 1.54) is 12.0 Å². The van der Waals surface area contributed by atoms with Crippen molar-refractivity contribution in [2.45, 2.75) is 38.0 Å². The van der Waals surface area contributed by atoms with Gasteiger partial charge in [0.15, 0.2) is 0 Å². The van der Waals surface area contributed by atoms with Crippen LogP contribution in [0.4, 0.5) is 0 Å². The van der Waals surface area contributed by atoms with Crippen LogP contribution in [-0.4, -0.2) is 20.3 Å². The molecule has 100 valence electrons. The van der Waals surface area contributed by atoms with E-state index in [0.717, 1.165) is 42.7 Å². The zero-order chi connectivity index (χ0) is 13.0. The summed E-state index contributed by atoms with van der Waals surface area (Å²) in [6.45, 7) is 3.82. The maximum absolute atomic E-state index is 5.89. The molecule has 0 bridgehead atoms. The minimum absolute atomic E-state index is 0.121. The van der Waals surface area contributed by atoms with Crippen LogP contribution in [-0.2, 0) is 10.2 Å². The van der Waals surface area contributed by atoms with Crippen molar-refractivity contribution < 1.29 is 9.47 Å². The lowest BCUT2D eigenvalue weighted by Gasteiger charge is -2.33. The zero-order valence-electron chi connectivity index (χ0n) is 11.2. The Balaban J connectivity index is 2.46. The summed E-state index contributed by atoms with van der Waals surface area (Å²) in [7, 11) is 1.79. The van der Waals surface area contributed by atoms with Gasteiger partial charge in [0.2, 0.25) is 0 Å². The predicted molar refractivity (Wildman–Crippen MR) is 77.3 cm³/mol. The van der Waals surface area contributed by atoms with Gasteiger partial charge in [0.05, 0.1) is 13.2 Å². The van der Waals surface area contributed by atoms with Crippen molar-refractivity contribution in [1.82, 2.24) is 0 Å². The van der Waals surface area contributed by atoms with Crippen molar-refractivity contribution in [3.8, 4) is 5.75 Å². The smallest absolute Gasteiger partial charge is 0.124 e. The Bertz CT molecular complexity index is 397. The number of benzene rings is 1. The number of methoxy groups -OCH3 is 1. The average Bonchev–Trinajstić information content (AvgIpc) is 2.50. The number of hydrogen-bond donors (Lipinski definition) is 0. The van der Waals surface area contributed by atoms with Gasteiger partial charge in [-0.3, -0.25) is 0 Å². The molecule has 1 heterocycles. The lowest BCUT2D eigenvalue weighted by molar-refractivity contribution is 0.117. The average molecular weight is 313 g/mol. The molecule has 0 amide bonds. The molecule has 0 aromatic heterocycles. The molecular weight excluding hydrogens is 292 g/mol. The SMILES string of the molecule is CCCC1(COC)CCCOc2cc(Br)ccc21. The van der Waals surface area contributed by atoms with Crippen LogP contribution in [0, 0.1) is 0 Å². The molecule has 0 saturated carbocycles. The lowest BCUT2D eigenvalue weighted by atomic mass is 9.74. The molecule has 1 aromatic carbocycles. The van der Waals surface area contributed by atoms with Crippen LogP contribution in [0.5, 0.6) is 5.75 Å². The summed E-state index contributed by atoms with van der Waals surface area (Å²) in [6.07, 6.45) is 4.55. The third kappa shape index (κ3) is 2.72. The molecule has 1 aliphatic heterocycles. The van der Waals surface area contributed by atoms with Gasteiger partial charge in [0.25, 0.3) is 0 Å². The van der Waals surface area contributed by atoms with Crippen LogP contribution in [0.25, 0.3) is 0 Å². The first-order chi connectivity index (χ1) is 8.72. The minimum atomic E-state index is 0.121. The molecular formula is C15H21BrO2. The molecule has 1 unspecified atom stereocenters. The molecule has 1 aliphatic rings. The molecule has 1 aromatic rings. The Morgan fingerprint density at radius 1 is 1.44 bits per heavy atom. The number of fused-ring (bicyclic) bond motifs is 1. The Morgan fingerprint density at radius 3 is 3.00 bits per heavy atom. The summed E-state index contributed by atoms with van der Waals surface area (Å²) in [5.41, 5.74) is 1.43. The van der Waals surface area contributed by atoms with E-state index < -0.39 is 0 Å². The summed E-state index contributed by atoms with van der Waals surface area (Å²) in [5.74, 6) is 1.02. The van der Waals surface area contributed by atoms with E-state index in [2.05, 4.69) is 41.1 Å². The summed E-state index contributed by atoms with van der Waals surface area (Å²) in [6, 6.07) is 6.38. The minimum Gasteiger partial charge on any atom is -0.493 e. The van der Waals surface area contributed by atoms with Crippen molar-refractivity contribution in [3.05, 3.63) is 28.2 Å². The second kappa shape index (κ2) is 6.07. The summed E-state index contributed by atoms with van der Waals surface area (Å²) >= 11 is 3.52. The zero-order valence-corrected chi connectivity index (χ0v) is 12.8. The predicted octanol–water partition coefficient (Wildman–Crippen LogP) is 4.31. The van der Waals surface area contributed by atoms with Gasteiger partial charge in [-0.15, -0.1) is 0 Å². The van der Waals surface area contributed by atoms with E-state index >= 15 is 0 Å². The highest BCUT2D eigenvalue weighted by Crippen LogP contribution is 2.42. The Kier molecular flexibility index (Phi) is 4.68. The number of rotatable bonds is 4. The lowest BCUT2D eigenvalue weighted by Crippen LogP contribution is -2.31. The topological polar surface area (TPSA) is 18.5 Å². The standard InChI is InChI=1S/C15H21BrO2/c1-3-7-15(11-17-2)8-4-9-18-14-10-12(16)5-6-13(14)15/h5-6,10H,3-4,7-9,11H2,1-2H3. The molecule has 2 rings (SSSR count). The fraction of sp³-hybridized carbons (Fsp3) is 0.600. The van der Waals surface area contributed by atoms with E-state index in [1.54, 1.807) is 7.11 Å².